The van der Waals surface area contributed by atoms with E-state index in [2.05, 4.69) is 30.2 Å². The molecule has 0 radical (unpaired) electrons. The van der Waals surface area contributed by atoms with Crippen molar-refractivity contribution in [3.63, 3.8) is 0 Å². The number of ether oxygens (including phenoxy) is 2. The predicted molar refractivity (Wildman–Crippen MR) is 75.4 cm³/mol. The molecule has 2 atom stereocenters. The van der Waals surface area contributed by atoms with Crippen LogP contribution in [0.4, 0.5) is 0 Å². The van der Waals surface area contributed by atoms with E-state index in [1.165, 1.54) is 5.56 Å². The lowest BCUT2D eigenvalue weighted by atomic mass is 10.1. The maximum Gasteiger partial charge on any atom is 0.213 e. The van der Waals surface area contributed by atoms with Gasteiger partial charge in [0.2, 0.25) is 5.88 Å². The molecular weight excluding hydrogens is 240 g/mol. The molecule has 1 aliphatic rings. The van der Waals surface area contributed by atoms with Crippen LogP contribution in [0.5, 0.6) is 5.88 Å². The molecule has 1 saturated heterocycles. The Bertz CT molecular complexity index is 361. The maximum absolute atomic E-state index is 5.65. The fraction of sp³-hybridized carbons (Fsp3) is 0.667. The third kappa shape index (κ3) is 4.48. The quantitative estimate of drug-likeness (QED) is 0.822. The highest BCUT2D eigenvalue weighted by molar-refractivity contribution is 5.20. The molecule has 1 aliphatic heterocycles. The van der Waals surface area contributed by atoms with E-state index < -0.39 is 0 Å². The average Bonchev–Trinajstić information content (AvgIpc) is 2.96. The summed E-state index contributed by atoms with van der Waals surface area (Å²) in [5, 5.41) is 3.44. The van der Waals surface area contributed by atoms with Crippen LogP contribution in [0.2, 0.25) is 0 Å². The SMILES string of the molecule is CCCNC(C)c1ccc(OCC2CCCO2)nc1. The Hall–Kier alpha value is -1.13. The molecule has 0 spiro atoms. The standard InChI is InChI=1S/C15H24N2O2/c1-3-8-16-12(2)13-6-7-15(17-10-13)19-11-14-5-4-9-18-14/h6-7,10,12,14,16H,3-5,8-9,11H2,1-2H3. The molecule has 19 heavy (non-hydrogen) atoms. The first-order valence-electron chi connectivity index (χ1n) is 7.23. The zero-order valence-corrected chi connectivity index (χ0v) is 11.9. The minimum Gasteiger partial charge on any atom is -0.475 e. The minimum atomic E-state index is 0.242. The summed E-state index contributed by atoms with van der Waals surface area (Å²) in [5.74, 6) is 0.682. The van der Waals surface area contributed by atoms with Gasteiger partial charge in [-0.15, -0.1) is 0 Å². The molecule has 106 valence electrons. The number of hydrogen-bond donors (Lipinski definition) is 1. The normalized spacial score (nSPS) is 20.4. The van der Waals surface area contributed by atoms with Gasteiger partial charge in [0.15, 0.2) is 0 Å². The van der Waals surface area contributed by atoms with Gasteiger partial charge in [-0.25, -0.2) is 4.98 Å². The van der Waals surface area contributed by atoms with Crippen LogP contribution in [0.3, 0.4) is 0 Å². The van der Waals surface area contributed by atoms with Crippen LogP contribution < -0.4 is 10.1 Å². The highest BCUT2D eigenvalue weighted by Gasteiger charge is 2.16. The third-order valence-electron chi connectivity index (χ3n) is 3.40. The van der Waals surface area contributed by atoms with Gasteiger partial charge in [-0.1, -0.05) is 13.0 Å². The highest BCUT2D eigenvalue weighted by Crippen LogP contribution is 2.17. The maximum atomic E-state index is 5.65. The number of hydrogen-bond acceptors (Lipinski definition) is 4. The number of nitrogens with zero attached hydrogens (tertiary/aromatic N) is 1. The Balaban J connectivity index is 1.80. The summed E-state index contributed by atoms with van der Waals surface area (Å²) < 4.78 is 11.2. The molecule has 4 heteroatoms. The van der Waals surface area contributed by atoms with Gasteiger partial charge in [0.1, 0.15) is 6.61 Å². The molecule has 0 saturated carbocycles. The predicted octanol–water partition coefficient (Wildman–Crippen LogP) is 2.70. The third-order valence-corrected chi connectivity index (χ3v) is 3.40. The van der Waals surface area contributed by atoms with E-state index in [1.807, 2.05) is 12.3 Å². The first-order chi connectivity index (χ1) is 9.29. The molecule has 2 unspecified atom stereocenters. The fourth-order valence-corrected chi connectivity index (χ4v) is 2.17. The van der Waals surface area contributed by atoms with Crippen molar-refractivity contribution in [2.75, 3.05) is 19.8 Å². The van der Waals surface area contributed by atoms with E-state index in [0.717, 1.165) is 32.4 Å². The topological polar surface area (TPSA) is 43.4 Å². The van der Waals surface area contributed by atoms with Gasteiger partial charge < -0.3 is 14.8 Å². The summed E-state index contributed by atoms with van der Waals surface area (Å²) in [6, 6.07) is 4.35. The van der Waals surface area contributed by atoms with Gasteiger partial charge >= 0.3 is 0 Å². The van der Waals surface area contributed by atoms with Crippen LogP contribution in [0, 0.1) is 0 Å². The van der Waals surface area contributed by atoms with Crippen molar-refractivity contribution >= 4 is 0 Å². The van der Waals surface area contributed by atoms with Crippen molar-refractivity contribution in [2.45, 2.75) is 45.3 Å². The first-order valence-corrected chi connectivity index (χ1v) is 7.23. The van der Waals surface area contributed by atoms with Gasteiger partial charge in [-0.3, -0.25) is 0 Å². The second kappa shape index (κ2) is 7.46. The Kier molecular flexibility index (Phi) is 5.61. The first kappa shape index (κ1) is 14.3. The molecule has 2 rings (SSSR count). The number of aromatic nitrogens is 1. The van der Waals surface area contributed by atoms with Crippen molar-refractivity contribution in [3.8, 4) is 5.88 Å². The van der Waals surface area contributed by atoms with Crippen molar-refractivity contribution in [3.05, 3.63) is 23.9 Å². The molecule has 1 aromatic heterocycles. The van der Waals surface area contributed by atoms with E-state index in [-0.39, 0.29) is 6.10 Å². The number of nitrogens with one attached hydrogen (secondary N) is 1. The van der Waals surface area contributed by atoms with Crippen LogP contribution in [0.25, 0.3) is 0 Å². The molecule has 1 N–H and O–H groups in total. The van der Waals surface area contributed by atoms with E-state index >= 15 is 0 Å². The van der Waals surface area contributed by atoms with Gasteiger partial charge in [-0.2, -0.15) is 0 Å². The van der Waals surface area contributed by atoms with Crippen LogP contribution >= 0.6 is 0 Å². The summed E-state index contributed by atoms with van der Waals surface area (Å²) >= 11 is 0. The second-order valence-corrected chi connectivity index (χ2v) is 5.05. The lowest BCUT2D eigenvalue weighted by Gasteiger charge is -2.14. The Morgan fingerprint density at radius 2 is 2.42 bits per heavy atom. The van der Waals surface area contributed by atoms with E-state index in [4.69, 9.17) is 9.47 Å². The van der Waals surface area contributed by atoms with E-state index in [1.54, 1.807) is 0 Å². The zero-order chi connectivity index (χ0) is 13.5. The molecule has 0 amide bonds. The van der Waals surface area contributed by atoms with Crippen molar-refractivity contribution < 1.29 is 9.47 Å². The lowest BCUT2D eigenvalue weighted by molar-refractivity contribution is 0.0663. The summed E-state index contributed by atoms with van der Waals surface area (Å²) in [7, 11) is 0. The molecule has 0 bridgehead atoms. The largest absolute Gasteiger partial charge is 0.475 e. The summed E-state index contributed by atoms with van der Waals surface area (Å²) in [4.78, 5) is 4.35. The smallest absolute Gasteiger partial charge is 0.213 e. The van der Waals surface area contributed by atoms with Gasteiger partial charge in [-0.05, 0) is 38.3 Å². The van der Waals surface area contributed by atoms with E-state index in [0.29, 0.717) is 18.5 Å². The fourth-order valence-electron chi connectivity index (χ4n) is 2.17. The number of rotatable bonds is 7. The molecule has 1 fully saturated rings. The molecule has 2 heterocycles. The Morgan fingerprint density at radius 1 is 1.53 bits per heavy atom. The van der Waals surface area contributed by atoms with Gasteiger partial charge in [0, 0.05) is 24.9 Å². The van der Waals surface area contributed by atoms with Gasteiger partial charge in [0.25, 0.3) is 0 Å². The van der Waals surface area contributed by atoms with Crippen LogP contribution in [0.1, 0.15) is 44.7 Å². The Morgan fingerprint density at radius 3 is 3.05 bits per heavy atom. The van der Waals surface area contributed by atoms with Crippen molar-refractivity contribution in [1.82, 2.24) is 10.3 Å². The summed E-state index contributed by atoms with van der Waals surface area (Å²) in [6.45, 7) is 6.81. The van der Waals surface area contributed by atoms with Crippen LogP contribution in [-0.4, -0.2) is 30.8 Å². The molecular formula is C15H24N2O2. The molecule has 1 aromatic rings. The van der Waals surface area contributed by atoms with Crippen LogP contribution in [0.15, 0.2) is 18.3 Å². The van der Waals surface area contributed by atoms with E-state index in [9.17, 15) is 0 Å². The van der Waals surface area contributed by atoms with Gasteiger partial charge in [0.05, 0.1) is 6.10 Å². The Labute approximate surface area is 115 Å². The zero-order valence-electron chi connectivity index (χ0n) is 11.9. The summed E-state index contributed by atoms with van der Waals surface area (Å²) in [5.41, 5.74) is 1.19. The highest BCUT2D eigenvalue weighted by atomic mass is 16.5. The van der Waals surface area contributed by atoms with Crippen molar-refractivity contribution in [1.29, 1.82) is 0 Å². The lowest BCUT2D eigenvalue weighted by Crippen LogP contribution is -2.19. The molecule has 4 nitrogen and oxygen atoms in total. The monoisotopic (exact) mass is 264 g/mol. The number of pyridine rings is 1. The minimum absolute atomic E-state index is 0.242. The van der Waals surface area contributed by atoms with Crippen LogP contribution in [-0.2, 0) is 4.74 Å². The average molecular weight is 264 g/mol. The molecule has 0 aliphatic carbocycles. The van der Waals surface area contributed by atoms with Crippen molar-refractivity contribution in [2.24, 2.45) is 0 Å². The summed E-state index contributed by atoms with van der Waals surface area (Å²) in [6.07, 6.45) is 5.50. The molecule has 0 aromatic carbocycles. The second-order valence-electron chi connectivity index (χ2n) is 5.05.